The molecular weight excluding hydrogens is 472 g/mol. The summed E-state index contributed by atoms with van der Waals surface area (Å²) in [4.78, 5) is 12.1. The molecule has 0 saturated carbocycles. The Morgan fingerprint density at radius 1 is 1.03 bits per heavy atom. The van der Waals surface area contributed by atoms with Gasteiger partial charge in [0.25, 0.3) is 0 Å². The van der Waals surface area contributed by atoms with E-state index in [1.807, 2.05) is 24.3 Å². The van der Waals surface area contributed by atoms with Crippen LogP contribution in [0, 0.1) is 0 Å². The van der Waals surface area contributed by atoms with Crippen LogP contribution in [-0.4, -0.2) is 22.9 Å². The molecule has 0 radical (unpaired) electrons. The molecular formula is C22H16BrClN2O4. The molecule has 0 saturated heterocycles. The molecule has 30 heavy (non-hydrogen) atoms. The quantitative estimate of drug-likeness (QED) is 0.315. The number of carbonyl (C=O) groups is 1. The second kappa shape index (κ2) is 9.28. The van der Waals surface area contributed by atoms with Crippen molar-refractivity contribution in [1.82, 2.24) is 10.3 Å². The molecule has 4 aromatic rings. The number of hydrogen-bond acceptors (Lipinski definition) is 6. The zero-order chi connectivity index (χ0) is 20.9. The summed E-state index contributed by atoms with van der Waals surface area (Å²) in [6.45, 7) is 0.538. The van der Waals surface area contributed by atoms with Gasteiger partial charge in [-0.05, 0) is 73.8 Å². The van der Waals surface area contributed by atoms with Crippen LogP contribution in [0.15, 0.2) is 69.8 Å². The van der Waals surface area contributed by atoms with Gasteiger partial charge in [-0.1, -0.05) is 35.9 Å². The number of nitrogens with zero attached hydrogens (tertiary/aromatic N) is 2. The maximum Gasteiger partial charge on any atom is 0.338 e. The van der Waals surface area contributed by atoms with Crippen LogP contribution in [0.3, 0.4) is 0 Å². The normalized spacial score (nSPS) is 10.9. The molecule has 0 fully saturated rings. The molecule has 0 unspecified atom stereocenters. The van der Waals surface area contributed by atoms with Crippen LogP contribution in [0.2, 0.25) is 5.02 Å². The van der Waals surface area contributed by atoms with Crippen LogP contribution >= 0.6 is 27.5 Å². The first kappa shape index (κ1) is 20.4. The number of fused-ring (bicyclic) bond motifs is 1. The molecule has 1 aromatic heterocycles. The zero-order valence-corrected chi connectivity index (χ0v) is 18.0. The fourth-order valence-electron chi connectivity index (χ4n) is 2.90. The van der Waals surface area contributed by atoms with Gasteiger partial charge >= 0.3 is 5.97 Å². The van der Waals surface area contributed by atoms with Crippen LogP contribution in [0.4, 0.5) is 0 Å². The highest BCUT2D eigenvalue weighted by atomic mass is 79.9. The first-order valence-electron chi connectivity index (χ1n) is 9.15. The molecule has 0 aliphatic heterocycles. The van der Waals surface area contributed by atoms with E-state index < -0.39 is 0 Å². The lowest BCUT2D eigenvalue weighted by molar-refractivity contribution is 0.0509. The lowest BCUT2D eigenvalue weighted by Crippen LogP contribution is -2.09. The second-order valence-corrected chi connectivity index (χ2v) is 7.67. The maximum atomic E-state index is 12.1. The fraction of sp³-hybridized carbons (Fsp3) is 0.136. The number of carbonyl (C=O) groups excluding carboxylic acids is 1. The summed E-state index contributed by atoms with van der Waals surface area (Å²) < 4.78 is 16.8. The van der Waals surface area contributed by atoms with E-state index in [4.69, 9.17) is 25.7 Å². The van der Waals surface area contributed by atoms with E-state index in [2.05, 4.69) is 26.2 Å². The van der Waals surface area contributed by atoms with Crippen LogP contribution in [0.25, 0.3) is 11.0 Å². The van der Waals surface area contributed by atoms with E-state index in [1.165, 1.54) is 0 Å². The van der Waals surface area contributed by atoms with Crippen LogP contribution < -0.4 is 4.74 Å². The predicted octanol–water partition coefficient (Wildman–Crippen LogP) is 5.62. The minimum Gasteiger partial charge on any atom is -0.488 e. The van der Waals surface area contributed by atoms with E-state index in [-0.39, 0.29) is 12.6 Å². The summed E-state index contributed by atoms with van der Waals surface area (Å²) in [5.74, 6) is 0.273. The molecule has 0 N–H and O–H groups in total. The van der Waals surface area contributed by atoms with E-state index in [9.17, 15) is 4.79 Å². The van der Waals surface area contributed by atoms with Crippen LogP contribution in [0.1, 0.15) is 21.5 Å². The van der Waals surface area contributed by atoms with Gasteiger partial charge in [0.2, 0.25) is 0 Å². The monoisotopic (exact) mass is 486 g/mol. The molecule has 0 bridgehead atoms. The predicted molar refractivity (Wildman–Crippen MR) is 116 cm³/mol. The molecule has 0 aliphatic carbocycles. The number of benzene rings is 3. The molecule has 8 heteroatoms. The summed E-state index contributed by atoms with van der Waals surface area (Å²) in [7, 11) is 0. The first-order chi connectivity index (χ1) is 14.6. The van der Waals surface area contributed by atoms with Crippen molar-refractivity contribution in [3.8, 4) is 5.75 Å². The van der Waals surface area contributed by atoms with Gasteiger partial charge in [-0.25, -0.2) is 9.42 Å². The van der Waals surface area contributed by atoms with Gasteiger partial charge in [-0.15, -0.1) is 0 Å². The second-order valence-electron chi connectivity index (χ2n) is 6.47. The molecule has 6 nitrogen and oxygen atoms in total. The first-order valence-corrected chi connectivity index (χ1v) is 10.3. The molecule has 3 aromatic carbocycles. The largest absolute Gasteiger partial charge is 0.488 e. The Morgan fingerprint density at radius 3 is 2.67 bits per heavy atom. The third kappa shape index (κ3) is 4.63. The average Bonchev–Trinajstić information content (AvgIpc) is 3.24. The Morgan fingerprint density at radius 2 is 1.83 bits per heavy atom. The third-order valence-electron chi connectivity index (χ3n) is 4.46. The van der Waals surface area contributed by atoms with E-state index in [0.717, 1.165) is 15.6 Å². The van der Waals surface area contributed by atoms with Crippen LogP contribution in [-0.2, 0) is 17.8 Å². The standard InChI is InChI=1S/C22H16BrClN2O4/c23-21-16(10-11-28-22(27)15-4-2-1-3-5-15)17(24)7-9-20(21)29-13-14-6-8-18-19(12-14)26-30-25-18/h1-9,12H,10-11,13H2. The lowest BCUT2D eigenvalue weighted by atomic mass is 10.1. The summed E-state index contributed by atoms with van der Waals surface area (Å²) in [6.07, 6.45) is 0.450. The minimum absolute atomic E-state index is 0.200. The smallest absolute Gasteiger partial charge is 0.338 e. The minimum atomic E-state index is -0.368. The van der Waals surface area contributed by atoms with E-state index in [1.54, 1.807) is 36.4 Å². The van der Waals surface area contributed by atoms with Gasteiger partial charge < -0.3 is 9.47 Å². The Labute approximate surface area is 185 Å². The van der Waals surface area contributed by atoms with Gasteiger partial charge in [0.05, 0.1) is 16.6 Å². The maximum absolute atomic E-state index is 12.1. The summed E-state index contributed by atoms with van der Waals surface area (Å²) in [6, 6.07) is 18.0. The zero-order valence-electron chi connectivity index (χ0n) is 15.7. The van der Waals surface area contributed by atoms with Crippen molar-refractivity contribution in [2.75, 3.05) is 6.61 Å². The van der Waals surface area contributed by atoms with Crippen LogP contribution in [0.5, 0.6) is 5.75 Å². The highest BCUT2D eigenvalue weighted by Gasteiger charge is 2.14. The molecule has 1 heterocycles. The molecule has 0 spiro atoms. The van der Waals surface area contributed by atoms with Gasteiger partial charge in [-0.2, -0.15) is 0 Å². The molecule has 152 valence electrons. The van der Waals surface area contributed by atoms with Gasteiger partial charge in [-0.3, -0.25) is 0 Å². The van der Waals surface area contributed by atoms with E-state index >= 15 is 0 Å². The van der Waals surface area contributed by atoms with Gasteiger partial charge in [0.15, 0.2) is 0 Å². The number of esters is 1. The van der Waals surface area contributed by atoms with Crippen molar-refractivity contribution >= 4 is 44.5 Å². The highest BCUT2D eigenvalue weighted by Crippen LogP contribution is 2.34. The summed E-state index contributed by atoms with van der Waals surface area (Å²) in [5.41, 5.74) is 3.62. The van der Waals surface area contributed by atoms with E-state index in [0.29, 0.717) is 40.4 Å². The Balaban J connectivity index is 1.40. The number of hydrogen-bond donors (Lipinski definition) is 0. The molecule has 0 aliphatic rings. The molecule has 0 amide bonds. The Kier molecular flexibility index (Phi) is 6.30. The Bertz CT molecular complexity index is 1180. The van der Waals surface area contributed by atoms with Gasteiger partial charge in [0.1, 0.15) is 23.4 Å². The third-order valence-corrected chi connectivity index (χ3v) is 5.68. The van der Waals surface area contributed by atoms with Crippen molar-refractivity contribution in [1.29, 1.82) is 0 Å². The highest BCUT2D eigenvalue weighted by molar-refractivity contribution is 9.10. The summed E-state index contributed by atoms with van der Waals surface area (Å²) >= 11 is 9.92. The Hall–Kier alpha value is -2.90. The average molecular weight is 488 g/mol. The fourth-order valence-corrected chi connectivity index (χ4v) is 3.92. The molecule has 4 rings (SSSR count). The number of ether oxygens (including phenoxy) is 2. The topological polar surface area (TPSA) is 74.5 Å². The number of halogens is 2. The van der Waals surface area contributed by atoms with Crippen molar-refractivity contribution in [2.24, 2.45) is 0 Å². The van der Waals surface area contributed by atoms with Gasteiger partial charge in [0, 0.05) is 11.4 Å². The SMILES string of the molecule is O=C(OCCc1c(Cl)ccc(OCc2ccc3nonc3c2)c1Br)c1ccccc1. The lowest BCUT2D eigenvalue weighted by Gasteiger charge is -2.13. The number of aromatic nitrogens is 2. The van der Waals surface area contributed by atoms with Crippen molar-refractivity contribution in [3.63, 3.8) is 0 Å². The van der Waals surface area contributed by atoms with Crippen molar-refractivity contribution in [2.45, 2.75) is 13.0 Å². The van der Waals surface area contributed by atoms with Crippen molar-refractivity contribution in [3.05, 3.63) is 86.8 Å². The molecule has 0 atom stereocenters. The number of rotatable bonds is 7. The van der Waals surface area contributed by atoms with Crippen molar-refractivity contribution < 1.29 is 18.9 Å². The summed E-state index contributed by atoms with van der Waals surface area (Å²) in [5, 5.41) is 8.20.